The van der Waals surface area contributed by atoms with Crippen molar-refractivity contribution in [3.05, 3.63) is 0 Å². The predicted molar refractivity (Wildman–Crippen MR) is 51.2 cm³/mol. The summed E-state index contributed by atoms with van der Waals surface area (Å²) >= 11 is 0. The van der Waals surface area contributed by atoms with Gasteiger partial charge in [0.2, 0.25) is 0 Å². The summed E-state index contributed by atoms with van der Waals surface area (Å²) < 4.78 is 0. The van der Waals surface area contributed by atoms with Crippen LogP contribution in [0.15, 0.2) is 0 Å². The van der Waals surface area contributed by atoms with Crippen LogP contribution in [-0.2, 0) is 0 Å². The van der Waals surface area contributed by atoms with Crippen molar-refractivity contribution in [3.63, 3.8) is 0 Å². The summed E-state index contributed by atoms with van der Waals surface area (Å²) in [6, 6.07) is 0.859. The van der Waals surface area contributed by atoms with Gasteiger partial charge in [-0.15, -0.1) is 0 Å². The summed E-state index contributed by atoms with van der Waals surface area (Å²) in [5, 5.41) is 7.09. The van der Waals surface area contributed by atoms with E-state index in [0.717, 1.165) is 17.9 Å². The van der Waals surface area contributed by atoms with Crippen LogP contribution in [0, 0.1) is 11.8 Å². The molecule has 0 spiro atoms. The normalized spacial score (nSPS) is 36.8. The molecule has 1 aliphatic carbocycles. The monoisotopic (exact) mass is 168 g/mol. The van der Waals surface area contributed by atoms with Crippen LogP contribution in [0.5, 0.6) is 0 Å². The second kappa shape index (κ2) is 3.75. The minimum Gasteiger partial charge on any atom is -0.316 e. The number of nitrogens with one attached hydrogen (secondary N) is 2. The molecule has 2 heteroatoms. The van der Waals surface area contributed by atoms with E-state index < -0.39 is 0 Å². The van der Waals surface area contributed by atoms with Gasteiger partial charge in [-0.1, -0.05) is 13.3 Å². The summed E-state index contributed by atoms with van der Waals surface area (Å²) in [4.78, 5) is 0. The average Bonchev–Trinajstić information content (AvgIpc) is 2.33. The molecule has 1 saturated carbocycles. The van der Waals surface area contributed by atoms with E-state index in [1.54, 1.807) is 0 Å². The van der Waals surface area contributed by atoms with E-state index in [4.69, 9.17) is 0 Å². The smallest absolute Gasteiger partial charge is 0.00672 e. The zero-order valence-electron chi connectivity index (χ0n) is 7.97. The molecular weight excluding hydrogens is 148 g/mol. The van der Waals surface area contributed by atoms with E-state index in [1.165, 1.54) is 38.9 Å². The summed E-state index contributed by atoms with van der Waals surface area (Å²) in [5.74, 6) is 1.75. The first kappa shape index (κ1) is 8.52. The Morgan fingerprint density at radius 3 is 2.67 bits per heavy atom. The lowest BCUT2D eigenvalue weighted by atomic mass is 9.91. The van der Waals surface area contributed by atoms with Crippen LogP contribution in [-0.4, -0.2) is 25.7 Å². The summed E-state index contributed by atoms with van der Waals surface area (Å²) in [5.41, 5.74) is 0. The van der Waals surface area contributed by atoms with Gasteiger partial charge in [0.25, 0.3) is 0 Å². The molecule has 0 aromatic heterocycles. The number of hydrogen-bond donors (Lipinski definition) is 2. The Kier molecular flexibility index (Phi) is 2.66. The topological polar surface area (TPSA) is 24.1 Å². The van der Waals surface area contributed by atoms with Crippen molar-refractivity contribution in [1.29, 1.82) is 0 Å². The number of hydrogen-bond acceptors (Lipinski definition) is 2. The molecule has 0 aromatic rings. The minimum atomic E-state index is 0.859. The molecule has 0 unspecified atom stereocenters. The van der Waals surface area contributed by atoms with Crippen LogP contribution in [0.25, 0.3) is 0 Å². The SMILES string of the molecule is C[C@@H]1CNC[C@H]1CNC1CCC1. The van der Waals surface area contributed by atoms with E-state index >= 15 is 0 Å². The largest absolute Gasteiger partial charge is 0.316 e. The van der Waals surface area contributed by atoms with Gasteiger partial charge in [0.05, 0.1) is 0 Å². The summed E-state index contributed by atoms with van der Waals surface area (Å²) in [6.07, 6.45) is 4.26. The van der Waals surface area contributed by atoms with E-state index in [9.17, 15) is 0 Å². The van der Waals surface area contributed by atoms with Crippen LogP contribution < -0.4 is 10.6 Å². The lowest BCUT2D eigenvalue weighted by Crippen LogP contribution is -2.39. The van der Waals surface area contributed by atoms with E-state index in [1.807, 2.05) is 0 Å². The van der Waals surface area contributed by atoms with E-state index in [2.05, 4.69) is 17.6 Å². The van der Waals surface area contributed by atoms with Crippen LogP contribution in [0.3, 0.4) is 0 Å². The predicted octanol–water partition coefficient (Wildman–Crippen LogP) is 0.984. The van der Waals surface area contributed by atoms with Gasteiger partial charge in [0, 0.05) is 6.04 Å². The summed E-state index contributed by atoms with van der Waals surface area (Å²) in [7, 11) is 0. The molecule has 1 heterocycles. The molecule has 2 rings (SSSR count). The van der Waals surface area contributed by atoms with E-state index in [0.29, 0.717) is 0 Å². The van der Waals surface area contributed by atoms with Crippen LogP contribution in [0.1, 0.15) is 26.2 Å². The molecule has 0 amide bonds. The lowest BCUT2D eigenvalue weighted by Gasteiger charge is -2.28. The highest BCUT2D eigenvalue weighted by atomic mass is 15.0. The quantitative estimate of drug-likeness (QED) is 0.656. The Morgan fingerprint density at radius 1 is 1.33 bits per heavy atom. The molecule has 1 saturated heterocycles. The first-order valence-corrected chi connectivity index (χ1v) is 5.30. The Balaban J connectivity index is 1.64. The maximum Gasteiger partial charge on any atom is 0.00672 e. The molecular formula is C10H20N2. The van der Waals surface area contributed by atoms with E-state index in [-0.39, 0.29) is 0 Å². The zero-order valence-corrected chi connectivity index (χ0v) is 7.97. The molecule has 0 bridgehead atoms. The Labute approximate surface area is 75.1 Å². The molecule has 1 aliphatic heterocycles. The number of rotatable bonds is 3. The third-order valence-electron chi connectivity index (χ3n) is 3.45. The van der Waals surface area contributed by atoms with Crippen LogP contribution in [0.2, 0.25) is 0 Å². The van der Waals surface area contributed by atoms with Crippen LogP contribution >= 0.6 is 0 Å². The molecule has 2 fully saturated rings. The molecule has 0 aromatic carbocycles. The standard InChI is InChI=1S/C10H20N2/c1-8-5-11-6-9(8)7-12-10-3-2-4-10/h8-12H,2-7H2,1H3/t8-,9+/m1/s1. The fourth-order valence-electron chi connectivity index (χ4n) is 2.07. The van der Waals surface area contributed by atoms with Crippen molar-refractivity contribution < 1.29 is 0 Å². The Morgan fingerprint density at radius 2 is 2.17 bits per heavy atom. The third kappa shape index (κ3) is 1.80. The average molecular weight is 168 g/mol. The van der Waals surface area contributed by atoms with Crippen molar-refractivity contribution in [1.82, 2.24) is 10.6 Å². The second-order valence-corrected chi connectivity index (χ2v) is 4.43. The second-order valence-electron chi connectivity index (χ2n) is 4.43. The Hall–Kier alpha value is -0.0800. The molecule has 0 radical (unpaired) electrons. The minimum absolute atomic E-state index is 0.859. The van der Waals surface area contributed by atoms with Crippen molar-refractivity contribution in [3.8, 4) is 0 Å². The molecule has 70 valence electrons. The molecule has 2 atom stereocenters. The van der Waals surface area contributed by atoms with Crippen molar-refractivity contribution in [2.75, 3.05) is 19.6 Å². The first-order valence-electron chi connectivity index (χ1n) is 5.30. The zero-order chi connectivity index (χ0) is 8.39. The van der Waals surface area contributed by atoms with Gasteiger partial charge in [0.15, 0.2) is 0 Å². The van der Waals surface area contributed by atoms with Gasteiger partial charge in [-0.05, 0) is 44.3 Å². The maximum atomic E-state index is 3.65. The van der Waals surface area contributed by atoms with Gasteiger partial charge in [-0.3, -0.25) is 0 Å². The molecule has 2 N–H and O–H groups in total. The fraction of sp³-hybridized carbons (Fsp3) is 1.00. The van der Waals surface area contributed by atoms with Crippen molar-refractivity contribution in [2.24, 2.45) is 11.8 Å². The lowest BCUT2D eigenvalue weighted by molar-refractivity contribution is 0.304. The molecule has 12 heavy (non-hydrogen) atoms. The first-order chi connectivity index (χ1) is 5.86. The highest BCUT2D eigenvalue weighted by molar-refractivity contribution is 4.83. The van der Waals surface area contributed by atoms with Crippen LogP contribution in [0.4, 0.5) is 0 Å². The van der Waals surface area contributed by atoms with Gasteiger partial charge in [0.1, 0.15) is 0 Å². The van der Waals surface area contributed by atoms with Gasteiger partial charge in [-0.25, -0.2) is 0 Å². The molecule has 2 aliphatic rings. The molecule has 2 nitrogen and oxygen atoms in total. The van der Waals surface area contributed by atoms with Gasteiger partial charge in [-0.2, -0.15) is 0 Å². The summed E-state index contributed by atoms with van der Waals surface area (Å²) in [6.45, 7) is 6.03. The van der Waals surface area contributed by atoms with Gasteiger partial charge >= 0.3 is 0 Å². The van der Waals surface area contributed by atoms with Gasteiger partial charge < -0.3 is 10.6 Å². The fourth-order valence-corrected chi connectivity index (χ4v) is 2.07. The maximum absolute atomic E-state index is 3.65. The van der Waals surface area contributed by atoms with Crippen molar-refractivity contribution >= 4 is 0 Å². The van der Waals surface area contributed by atoms with Crippen molar-refractivity contribution in [2.45, 2.75) is 32.2 Å². The highest BCUT2D eigenvalue weighted by Gasteiger charge is 2.24. The third-order valence-corrected chi connectivity index (χ3v) is 3.45. The Bertz CT molecular complexity index is 143. The highest BCUT2D eigenvalue weighted by Crippen LogP contribution is 2.20.